The van der Waals surface area contributed by atoms with E-state index in [0.717, 1.165) is 28.9 Å². The van der Waals surface area contributed by atoms with Crippen molar-refractivity contribution in [3.63, 3.8) is 0 Å². The van der Waals surface area contributed by atoms with Crippen LogP contribution in [0.4, 0.5) is 10.5 Å². The van der Waals surface area contributed by atoms with Crippen molar-refractivity contribution in [3.05, 3.63) is 53.2 Å². The van der Waals surface area contributed by atoms with E-state index in [0.29, 0.717) is 16.3 Å². The SMILES string of the molecule is CCn1cccc1/C=C1/SC(=O)N(CC(=O)Nc2ccc(OC)cc2)C1=O. The minimum atomic E-state index is -0.460. The number of aromatic nitrogens is 1. The third kappa shape index (κ3) is 4.22. The zero-order valence-electron chi connectivity index (χ0n) is 15.0. The lowest BCUT2D eigenvalue weighted by molar-refractivity contribution is -0.127. The molecule has 3 rings (SSSR count). The van der Waals surface area contributed by atoms with Crippen molar-refractivity contribution >= 4 is 40.6 Å². The second-order valence-electron chi connectivity index (χ2n) is 5.76. The van der Waals surface area contributed by atoms with Crippen LogP contribution in [0.3, 0.4) is 0 Å². The standard InChI is InChI=1S/C19H19N3O4S/c1-3-21-10-4-5-14(21)11-16-18(24)22(19(25)27-16)12-17(23)20-13-6-8-15(26-2)9-7-13/h4-11H,3,12H2,1-2H3,(H,20,23)/b16-11+. The van der Waals surface area contributed by atoms with Crippen LogP contribution in [0.15, 0.2) is 47.5 Å². The molecule has 1 aromatic heterocycles. The Bertz CT molecular complexity index is 902. The molecule has 0 atom stereocenters. The molecule has 1 aromatic carbocycles. The number of amides is 3. The lowest BCUT2D eigenvalue weighted by atomic mass is 10.3. The Morgan fingerprint density at radius 1 is 1.22 bits per heavy atom. The number of anilines is 1. The topological polar surface area (TPSA) is 80.6 Å². The van der Waals surface area contributed by atoms with Crippen molar-refractivity contribution in [3.8, 4) is 5.75 Å². The number of hydrogen-bond donors (Lipinski definition) is 1. The third-order valence-corrected chi connectivity index (χ3v) is 4.94. The van der Waals surface area contributed by atoms with Gasteiger partial charge in [-0.3, -0.25) is 19.3 Å². The summed E-state index contributed by atoms with van der Waals surface area (Å²) < 4.78 is 7.02. The zero-order chi connectivity index (χ0) is 19.4. The van der Waals surface area contributed by atoms with Crippen molar-refractivity contribution in [1.82, 2.24) is 9.47 Å². The normalized spacial score (nSPS) is 15.5. The largest absolute Gasteiger partial charge is 0.497 e. The smallest absolute Gasteiger partial charge is 0.294 e. The van der Waals surface area contributed by atoms with Crippen molar-refractivity contribution < 1.29 is 19.1 Å². The van der Waals surface area contributed by atoms with Gasteiger partial charge in [0.15, 0.2) is 0 Å². The van der Waals surface area contributed by atoms with E-state index >= 15 is 0 Å². The first-order chi connectivity index (χ1) is 13.0. The molecule has 2 heterocycles. The van der Waals surface area contributed by atoms with E-state index in [2.05, 4.69) is 5.32 Å². The number of benzene rings is 1. The Morgan fingerprint density at radius 3 is 2.63 bits per heavy atom. The predicted octanol–water partition coefficient (Wildman–Crippen LogP) is 3.19. The molecule has 0 unspecified atom stereocenters. The zero-order valence-corrected chi connectivity index (χ0v) is 15.8. The van der Waals surface area contributed by atoms with E-state index in [1.165, 1.54) is 0 Å². The van der Waals surface area contributed by atoms with E-state index in [1.807, 2.05) is 29.8 Å². The maximum absolute atomic E-state index is 12.5. The fraction of sp³-hybridized carbons (Fsp3) is 0.211. The van der Waals surface area contributed by atoms with Crippen LogP contribution in [0.5, 0.6) is 5.75 Å². The van der Waals surface area contributed by atoms with Gasteiger partial charge < -0.3 is 14.6 Å². The van der Waals surface area contributed by atoms with Gasteiger partial charge in [-0.2, -0.15) is 0 Å². The van der Waals surface area contributed by atoms with Gasteiger partial charge in [-0.15, -0.1) is 0 Å². The molecule has 0 spiro atoms. The summed E-state index contributed by atoms with van der Waals surface area (Å²) in [6, 6.07) is 10.5. The van der Waals surface area contributed by atoms with Crippen LogP contribution in [0, 0.1) is 0 Å². The quantitative estimate of drug-likeness (QED) is 0.773. The summed E-state index contributed by atoms with van der Waals surface area (Å²) in [6.45, 7) is 2.42. The average Bonchev–Trinajstić information content (AvgIpc) is 3.22. The highest BCUT2D eigenvalue weighted by atomic mass is 32.2. The number of thioether (sulfide) groups is 1. The molecule has 8 heteroatoms. The summed E-state index contributed by atoms with van der Waals surface area (Å²) in [5.41, 5.74) is 1.40. The molecule has 1 N–H and O–H groups in total. The summed E-state index contributed by atoms with van der Waals surface area (Å²) in [4.78, 5) is 38.2. The van der Waals surface area contributed by atoms with Gasteiger partial charge in [-0.25, -0.2) is 0 Å². The summed E-state index contributed by atoms with van der Waals surface area (Å²) in [6.07, 6.45) is 3.58. The first-order valence-electron chi connectivity index (χ1n) is 8.36. The highest BCUT2D eigenvalue weighted by Gasteiger charge is 2.36. The van der Waals surface area contributed by atoms with Crippen LogP contribution < -0.4 is 10.1 Å². The van der Waals surface area contributed by atoms with Crippen molar-refractivity contribution in [1.29, 1.82) is 0 Å². The van der Waals surface area contributed by atoms with E-state index < -0.39 is 17.1 Å². The molecule has 0 aliphatic carbocycles. The second kappa shape index (κ2) is 8.13. The summed E-state index contributed by atoms with van der Waals surface area (Å²) in [5, 5.41) is 2.21. The minimum absolute atomic E-state index is 0.311. The Morgan fingerprint density at radius 2 is 1.96 bits per heavy atom. The number of aryl methyl sites for hydroxylation is 1. The van der Waals surface area contributed by atoms with Gasteiger partial charge in [0.1, 0.15) is 12.3 Å². The Balaban J connectivity index is 1.67. The fourth-order valence-corrected chi connectivity index (χ4v) is 3.46. The third-order valence-electron chi connectivity index (χ3n) is 4.03. The lowest BCUT2D eigenvalue weighted by Crippen LogP contribution is -2.36. The minimum Gasteiger partial charge on any atom is -0.497 e. The highest BCUT2D eigenvalue weighted by molar-refractivity contribution is 8.18. The number of methoxy groups -OCH3 is 1. The molecule has 3 amide bonds. The second-order valence-corrected chi connectivity index (χ2v) is 6.76. The summed E-state index contributed by atoms with van der Waals surface area (Å²) >= 11 is 0.841. The average molecular weight is 385 g/mol. The fourth-order valence-electron chi connectivity index (χ4n) is 2.64. The monoisotopic (exact) mass is 385 g/mol. The molecule has 140 valence electrons. The molecule has 27 heavy (non-hydrogen) atoms. The lowest BCUT2D eigenvalue weighted by Gasteiger charge is -2.12. The Hall–Kier alpha value is -3.00. The molecule has 7 nitrogen and oxygen atoms in total. The highest BCUT2D eigenvalue weighted by Crippen LogP contribution is 2.32. The van der Waals surface area contributed by atoms with Crippen molar-refractivity contribution in [2.45, 2.75) is 13.5 Å². The molecule has 2 aromatic rings. The number of hydrogen-bond acceptors (Lipinski definition) is 5. The van der Waals surface area contributed by atoms with Gasteiger partial charge in [0.2, 0.25) is 5.91 Å². The number of imide groups is 1. The number of carbonyl (C=O) groups is 3. The van der Waals surface area contributed by atoms with E-state index in [4.69, 9.17) is 4.74 Å². The Kier molecular flexibility index (Phi) is 5.66. The van der Waals surface area contributed by atoms with Crippen LogP contribution >= 0.6 is 11.8 Å². The molecule has 1 aliphatic rings. The van der Waals surface area contributed by atoms with Crippen LogP contribution in [0.25, 0.3) is 6.08 Å². The van der Waals surface area contributed by atoms with Crippen LogP contribution in [-0.2, 0) is 16.1 Å². The molecule has 0 radical (unpaired) electrons. The first-order valence-corrected chi connectivity index (χ1v) is 9.18. The maximum atomic E-state index is 12.5. The van der Waals surface area contributed by atoms with Crippen LogP contribution in [0.1, 0.15) is 12.6 Å². The number of carbonyl (C=O) groups excluding carboxylic acids is 3. The van der Waals surface area contributed by atoms with E-state index in [-0.39, 0.29) is 6.54 Å². The Labute approximate surface area is 161 Å². The molecule has 1 saturated heterocycles. The molecule has 0 saturated carbocycles. The number of nitrogens with zero attached hydrogens (tertiary/aromatic N) is 2. The van der Waals surface area contributed by atoms with Gasteiger partial charge in [0, 0.05) is 24.1 Å². The summed E-state index contributed by atoms with van der Waals surface area (Å²) in [7, 11) is 1.55. The molecular formula is C19H19N3O4S. The van der Waals surface area contributed by atoms with Gasteiger partial charge >= 0.3 is 0 Å². The van der Waals surface area contributed by atoms with Crippen molar-refractivity contribution in [2.75, 3.05) is 19.0 Å². The predicted molar refractivity (Wildman–Crippen MR) is 104 cm³/mol. The number of nitrogens with one attached hydrogen (secondary N) is 1. The maximum Gasteiger partial charge on any atom is 0.294 e. The van der Waals surface area contributed by atoms with E-state index in [1.54, 1.807) is 37.5 Å². The van der Waals surface area contributed by atoms with Crippen LogP contribution in [0.2, 0.25) is 0 Å². The van der Waals surface area contributed by atoms with Gasteiger partial charge in [0.25, 0.3) is 11.1 Å². The van der Waals surface area contributed by atoms with Crippen LogP contribution in [-0.4, -0.2) is 40.2 Å². The van der Waals surface area contributed by atoms with Gasteiger partial charge in [0.05, 0.1) is 12.0 Å². The van der Waals surface area contributed by atoms with Gasteiger partial charge in [-0.05, 0) is 61.2 Å². The molecular weight excluding hydrogens is 366 g/mol. The summed E-state index contributed by atoms with van der Waals surface area (Å²) in [5.74, 6) is -0.236. The molecule has 1 fully saturated rings. The van der Waals surface area contributed by atoms with Crippen molar-refractivity contribution in [2.24, 2.45) is 0 Å². The van der Waals surface area contributed by atoms with E-state index in [9.17, 15) is 14.4 Å². The first kappa shape index (κ1) is 18.8. The van der Waals surface area contributed by atoms with Gasteiger partial charge in [-0.1, -0.05) is 0 Å². The number of rotatable bonds is 6. The number of ether oxygens (including phenoxy) is 1. The molecule has 1 aliphatic heterocycles. The molecule has 0 bridgehead atoms.